The third kappa shape index (κ3) is 4.73. The van der Waals surface area contributed by atoms with E-state index in [9.17, 15) is 4.79 Å². The molecule has 0 aliphatic carbocycles. The van der Waals surface area contributed by atoms with E-state index < -0.39 is 0 Å². The van der Waals surface area contributed by atoms with Gasteiger partial charge in [0.2, 0.25) is 0 Å². The van der Waals surface area contributed by atoms with E-state index in [0.29, 0.717) is 23.0 Å². The van der Waals surface area contributed by atoms with Crippen LogP contribution in [0.3, 0.4) is 0 Å². The van der Waals surface area contributed by atoms with Crippen molar-refractivity contribution in [2.45, 2.75) is 38.6 Å². The van der Waals surface area contributed by atoms with Crippen LogP contribution in [-0.2, 0) is 0 Å². The van der Waals surface area contributed by atoms with E-state index in [1.54, 1.807) is 18.5 Å². The number of aromatic nitrogens is 2. The summed E-state index contributed by atoms with van der Waals surface area (Å²) < 4.78 is 0. The first kappa shape index (κ1) is 21.8. The molecule has 166 valence electrons. The monoisotopic (exact) mass is 430 g/mol. The molecule has 3 heterocycles. The largest absolute Gasteiger partial charge is 0.397 e. The second-order valence-electron chi connectivity index (χ2n) is 8.61. The fourth-order valence-corrected chi connectivity index (χ4v) is 4.04. The van der Waals surface area contributed by atoms with E-state index in [-0.39, 0.29) is 17.6 Å². The molecule has 0 unspecified atom stereocenters. The minimum Gasteiger partial charge on any atom is -0.397 e. The first-order valence-electron chi connectivity index (χ1n) is 11.0. The van der Waals surface area contributed by atoms with Gasteiger partial charge in [0.15, 0.2) is 5.69 Å². The Bertz CT molecular complexity index is 1110. The van der Waals surface area contributed by atoms with E-state index in [1.165, 1.54) is 5.56 Å². The van der Waals surface area contributed by atoms with Gasteiger partial charge in [-0.2, -0.15) is 0 Å². The Morgan fingerprint density at radius 1 is 1.22 bits per heavy atom. The molecule has 0 spiro atoms. The number of pyridine rings is 2. The summed E-state index contributed by atoms with van der Waals surface area (Å²) in [5.74, 6) is 0.0401. The van der Waals surface area contributed by atoms with Crippen molar-refractivity contribution in [3.05, 3.63) is 66.1 Å². The Labute approximate surface area is 188 Å². The van der Waals surface area contributed by atoms with Gasteiger partial charge >= 0.3 is 0 Å². The van der Waals surface area contributed by atoms with Crippen LogP contribution in [0.4, 0.5) is 17.1 Å². The minimum atomic E-state index is -0.361. The SMILES string of the molecule is CC(C)c1cccc(-c2ccc(N)c(C(=O)Nc3cnccc3N3CCC[C@H](N)C3)n2)c1. The summed E-state index contributed by atoms with van der Waals surface area (Å²) >= 11 is 0. The zero-order valence-electron chi connectivity index (χ0n) is 18.6. The minimum absolute atomic E-state index is 0.121. The van der Waals surface area contributed by atoms with Crippen molar-refractivity contribution in [3.63, 3.8) is 0 Å². The molecule has 0 radical (unpaired) electrons. The maximum absolute atomic E-state index is 13.2. The van der Waals surface area contributed by atoms with E-state index in [4.69, 9.17) is 11.5 Å². The lowest BCUT2D eigenvalue weighted by atomic mass is 9.99. The Balaban J connectivity index is 1.61. The second kappa shape index (κ2) is 9.36. The maximum Gasteiger partial charge on any atom is 0.276 e. The van der Waals surface area contributed by atoms with Gasteiger partial charge in [-0.05, 0) is 48.6 Å². The lowest BCUT2D eigenvalue weighted by Gasteiger charge is -2.33. The van der Waals surface area contributed by atoms with Gasteiger partial charge < -0.3 is 21.7 Å². The third-order valence-electron chi connectivity index (χ3n) is 5.84. The summed E-state index contributed by atoms with van der Waals surface area (Å²) in [5, 5.41) is 2.96. The topological polar surface area (TPSA) is 110 Å². The molecule has 1 atom stereocenters. The number of nitrogens with one attached hydrogen (secondary N) is 1. The first-order valence-corrected chi connectivity index (χ1v) is 11.0. The van der Waals surface area contributed by atoms with Crippen LogP contribution >= 0.6 is 0 Å². The van der Waals surface area contributed by atoms with Gasteiger partial charge in [0.05, 0.1) is 29.0 Å². The molecule has 1 fully saturated rings. The molecule has 1 aliphatic rings. The van der Waals surface area contributed by atoms with Gasteiger partial charge in [0.25, 0.3) is 5.91 Å². The van der Waals surface area contributed by atoms with Gasteiger partial charge in [-0.25, -0.2) is 4.98 Å². The highest BCUT2D eigenvalue weighted by Gasteiger charge is 2.21. The number of piperidine rings is 1. The fraction of sp³-hybridized carbons (Fsp3) is 0.320. The number of anilines is 3. The van der Waals surface area contributed by atoms with Crippen molar-refractivity contribution in [2.24, 2.45) is 5.73 Å². The summed E-state index contributed by atoms with van der Waals surface area (Å²) in [6.45, 7) is 5.93. The number of rotatable bonds is 5. The average Bonchev–Trinajstić information content (AvgIpc) is 2.79. The Hall–Kier alpha value is -3.45. The van der Waals surface area contributed by atoms with Crippen LogP contribution in [0.2, 0.25) is 0 Å². The summed E-state index contributed by atoms with van der Waals surface area (Å²) in [6, 6.07) is 13.8. The number of amides is 1. The smallest absolute Gasteiger partial charge is 0.276 e. The van der Waals surface area contributed by atoms with Crippen molar-refractivity contribution in [1.29, 1.82) is 0 Å². The number of nitrogen functional groups attached to an aromatic ring is 1. The Morgan fingerprint density at radius 3 is 2.84 bits per heavy atom. The van der Waals surface area contributed by atoms with E-state index in [0.717, 1.165) is 37.2 Å². The molecule has 7 nitrogen and oxygen atoms in total. The van der Waals surface area contributed by atoms with E-state index in [2.05, 4.69) is 46.2 Å². The molecule has 32 heavy (non-hydrogen) atoms. The van der Waals surface area contributed by atoms with Crippen LogP contribution < -0.4 is 21.7 Å². The predicted octanol–water partition coefficient (Wildman–Crippen LogP) is 4.03. The summed E-state index contributed by atoms with van der Waals surface area (Å²) in [4.78, 5) is 24.2. The first-order chi connectivity index (χ1) is 15.4. The number of benzene rings is 1. The van der Waals surface area contributed by atoms with Gasteiger partial charge in [-0.3, -0.25) is 9.78 Å². The zero-order valence-corrected chi connectivity index (χ0v) is 18.6. The molecular weight excluding hydrogens is 400 g/mol. The third-order valence-corrected chi connectivity index (χ3v) is 5.84. The summed E-state index contributed by atoms with van der Waals surface area (Å²) in [7, 11) is 0. The molecule has 0 saturated carbocycles. The summed E-state index contributed by atoms with van der Waals surface area (Å²) in [6.07, 6.45) is 5.40. The molecule has 5 N–H and O–H groups in total. The van der Waals surface area contributed by atoms with Crippen LogP contribution in [0.25, 0.3) is 11.3 Å². The van der Waals surface area contributed by atoms with Crippen molar-refractivity contribution in [3.8, 4) is 11.3 Å². The number of hydrogen-bond acceptors (Lipinski definition) is 6. The number of hydrogen-bond donors (Lipinski definition) is 3. The van der Waals surface area contributed by atoms with Crippen molar-refractivity contribution < 1.29 is 4.79 Å². The number of nitrogens with two attached hydrogens (primary N) is 2. The van der Waals surface area contributed by atoms with Crippen molar-refractivity contribution >= 4 is 23.0 Å². The standard InChI is InChI=1S/C25H30N6O/c1-16(2)17-5-3-6-18(13-17)21-9-8-20(27)24(29-21)25(32)30-22-14-28-11-10-23(22)31-12-4-7-19(26)15-31/h3,5-6,8-11,13-14,16,19H,4,7,12,15,26-27H2,1-2H3,(H,30,32)/t19-/m0/s1. The fourth-order valence-electron chi connectivity index (χ4n) is 4.04. The molecule has 1 aliphatic heterocycles. The molecule has 1 saturated heterocycles. The van der Waals surface area contributed by atoms with Crippen molar-refractivity contribution in [1.82, 2.24) is 9.97 Å². The number of carbonyl (C=O) groups is 1. The molecule has 2 aromatic heterocycles. The van der Waals surface area contributed by atoms with Gasteiger partial charge in [-0.1, -0.05) is 32.0 Å². The molecule has 0 bridgehead atoms. The number of carbonyl (C=O) groups excluding carboxylic acids is 1. The summed E-state index contributed by atoms with van der Waals surface area (Å²) in [5.41, 5.74) is 17.2. The van der Waals surface area contributed by atoms with Crippen molar-refractivity contribution in [2.75, 3.05) is 29.0 Å². The van der Waals surface area contributed by atoms with Crippen LogP contribution in [0.5, 0.6) is 0 Å². The van der Waals surface area contributed by atoms with Crippen LogP contribution in [0.1, 0.15) is 48.7 Å². The average molecular weight is 431 g/mol. The Kier molecular flexibility index (Phi) is 6.37. The maximum atomic E-state index is 13.2. The highest BCUT2D eigenvalue weighted by Crippen LogP contribution is 2.29. The normalized spacial score (nSPS) is 16.2. The quantitative estimate of drug-likeness (QED) is 0.564. The zero-order chi connectivity index (χ0) is 22.7. The van der Waals surface area contributed by atoms with Gasteiger partial charge in [0, 0.05) is 30.9 Å². The molecule has 4 rings (SSSR count). The molecular formula is C25H30N6O. The van der Waals surface area contributed by atoms with Crippen LogP contribution in [0.15, 0.2) is 54.9 Å². The molecule has 1 amide bonds. The highest BCUT2D eigenvalue weighted by molar-refractivity contribution is 6.07. The van der Waals surface area contributed by atoms with Gasteiger partial charge in [0.1, 0.15) is 0 Å². The molecule has 1 aromatic carbocycles. The lowest BCUT2D eigenvalue weighted by Crippen LogP contribution is -2.43. The van der Waals surface area contributed by atoms with E-state index in [1.807, 2.05) is 24.3 Å². The predicted molar refractivity (Wildman–Crippen MR) is 130 cm³/mol. The molecule has 7 heteroatoms. The lowest BCUT2D eigenvalue weighted by molar-refractivity contribution is 0.102. The van der Waals surface area contributed by atoms with Gasteiger partial charge in [-0.15, -0.1) is 0 Å². The second-order valence-corrected chi connectivity index (χ2v) is 8.61. The molecule has 3 aromatic rings. The Morgan fingerprint density at radius 2 is 2.06 bits per heavy atom. The van der Waals surface area contributed by atoms with E-state index >= 15 is 0 Å². The number of nitrogens with zero attached hydrogens (tertiary/aromatic N) is 3. The van der Waals surface area contributed by atoms with Crippen LogP contribution in [0, 0.1) is 0 Å². The highest BCUT2D eigenvalue weighted by atomic mass is 16.1. The van der Waals surface area contributed by atoms with Crippen LogP contribution in [-0.4, -0.2) is 35.0 Å².